The average molecular weight is 269 g/mol. The molecule has 0 saturated heterocycles. The van der Waals surface area contributed by atoms with Gasteiger partial charge in [0.15, 0.2) is 11.8 Å². The highest BCUT2D eigenvalue weighted by atomic mass is 32.1. The minimum absolute atomic E-state index is 0.163. The largest absolute Gasteiger partial charge is 0.464 e. The molecule has 1 N–H and O–H groups in total. The van der Waals surface area contributed by atoms with Gasteiger partial charge in [0.1, 0.15) is 0 Å². The number of rotatable bonds is 5. The lowest BCUT2D eigenvalue weighted by atomic mass is 10.2. The summed E-state index contributed by atoms with van der Waals surface area (Å²) in [6, 6.07) is 2.21. The van der Waals surface area contributed by atoms with Gasteiger partial charge in [0, 0.05) is 4.88 Å². The van der Waals surface area contributed by atoms with Crippen molar-refractivity contribution >= 4 is 29.0 Å². The normalized spacial score (nSPS) is 11.7. The Labute approximate surface area is 109 Å². The van der Waals surface area contributed by atoms with Gasteiger partial charge in [-0.05, 0) is 32.9 Å². The number of thiophene rings is 1. The predicted molar refractivity (Wildman–Crippen MR) is 67.6 cm³/mol. The maximum atomic E-state index is 11.8. The Hall–Kier alpha value is -1.69. The van der Waals surface area contributed by atoms with Crippen LogP contribution in [0.15, 0.2) is 12.1 Å². The predicted octanol–water partition coefficient (Wildman–Crippen LogP) is 1.31. The molecule has 1 unspecified atom stereocenters. The fourth-order valence-corrected chi connectivity index (χ4v) is 2.08. The quantitative estimate of drug-likeness (QED) is 0.646. The third kappa shape index (κ3) is 3.66. The molecule has 98 valence electrons. The Morgan fingerprint density at radius 2 is 2.06 bits per heavy atom. The van der Waals surface area contributed by atoms with Gasteiger partial charge in [0.2, 0.25) is 0 Å². The van der Waals surface area contributed by atoms with E-state index in [1.807, 2.05) is 6.92 Å². The average Bonchev–Trinajstić information content (AvgIpc) is 2.72. The van der Waals surface area contributed by atoms with E-state index in [9.17, 15) is 14.4 Å². The molecule has 6 heteroatoms. The number of Topliss-reactive ketones (excluding diaryl/α,β-unsaturated/α-hetero) is 1. The van der Waals surface area contributed by atoms with Crippen molar-refractivity contribution in [2.75, 3.05) is 6.61 Å². The summed E-state index contributed by atoms with van der Waals surface area (Å²) in [6.45, 7) is 4.91. The van der Waals surface area contributed by atoms with Gasteiger partial charge >= 0.3 is 5.97 Å². The number of hydrogen-bond donors (Lipinski definition) is 1. The van der Waals surface area contributed by atoms with Crippen molar-refractivity contribution in [3.05, 3.63) is 21.9 Å². The van der Waals surface area contributed by atoms with E-state index in [0.717, 1.165) is 4.88 Å². The van der Waals surface area contributed by atoms with Crippen molar-refractivity contribution in [1.82, 2.24) is 5.32 Å². The zero-order valence-corrected chi connectivity index (χ0v) is 11.3. The Morgan fingerprint density at radius 3 is 2.50 bits per heavy atom. The van der Waals surface area contributed by atoms with Crippen molar-refractivity contribution in [2.45, 2.75) is 26.8 Å². The summed E-state index contributed by atoms with van der Waals surface area (Å²) >= 11 is 1.30. The van der Waals surface area contributed by atoms with Crippen LogP contribution in [0.2, 0.25) is 0 Å². The molecule has 0 fully saturated rings. The molecule has 1 aromatic rings. The number of hydrogen-bond acceptors (Lipinski definition) is 5. The number of aryl methyl sites for hydroxylation is 1. The lowest BCUT2D eigenvalue weighted by molar-refractivity contribution is -0.148. The van der Waals surface area contributed by atoms with Crippen LogP contribution in [0.25, 0.3) is 0 Å². The Kier molecular flexibility index (Phi) is 5.03. The Balaban J connectivity index is 2.75. The molecule has 1 aromatic heterocycles. The van der Waals surface area contributed by atoms with E-state index < -0.39 is 23.7 Å². The van der Waals surface area contributed by atoms with Crippen LogP contribution in [0.4, 0.5) is 0 Å². The zero-order valence-electron chi connectivity index (χ0n) is 10.5. The van der Waals surface area contributed by atoms with E-state index in [1.54, 1.807) is 19.1 Å². The van der Waals surface area contributed by atoms with Crippen LogP contribution in [0.5, 0.6) is 0 Å². The summed E-state index contributed by atoms with van der Waals surface area (Å²) in [5.41, 5.74) is 0. The third-order valence-electron chi connectivity index (χ3n) is 2.17. The number of amides is 1. The number of ketones is 1. The van der Waals surface area contributed by atoms with Gasteiger partial charge in [-0.25, -0.2) is 4.79 Å². The van der Waals surface area contributed by atoms with Crippen LogP contribution in [0.3, 0.4) is 0 Å². The Bertz CT molecular complexity index is 466. The second-order valence-corrected chi connectivity index (χ2v) is 4.97. The van der Waals surface area contributed by atoms with E-state index in [4.69, 9.17) is 4.74 Å². The SMILES string of the molecule is CCOC(=O)C(NC(=O)c1ccc(C)s1)C(C)=O. The second kappa shape index (κ2) is 6.30. The summed E-state index contributed by atoms with van der Waals surface area (Å²) < 4.78 is 4.74. The summed E-state index contributed by atoms with van der Waals surface area (Å²) in [7, 11) is 0. The number of esters is 1. The van der Waals surface area contributed by atoms with Crippen molar-refractivity contribution in [1.29, 1.82) is 0 Å². The molecule has 0 aliphatic rings. The monoisotopic (exact) mass is 269 g/mol. The number of ether oxygens (including phenoxy) is 1. The van der Waals surface area contributed by atoms with Crippen LogP contribution < -0.4 is 5.32 Å². The van der Waals surface area contributed by atoms with Gasteiger partial charge in [0.05, 0.1) is 11.5 Å². The summed E-state index contributed by atoms with van der Waals surface area (Å²) in [5.74, 6) is -1.62. The van der Waals surface area contributed by atoms with Gasteiger partial charge in [-0.15, -0.1) is 11.3 Å². The molecule has 1 heterocycles. The molecule has 1 amide bonds. The molecule has 1 rings (SSSR count). The molecule has 0 aliphatic heterocycles. The van der Waals surface area contributed by atoms with Gasteiger partial charge in [-0.3, -0.25) is 9.59 Å². The van der Waals surface area contributed by atoms with E-state index in [1.165, 1.54) is 18.3 Å². The lowest BCUT2D eigenvalue weighted by Crippen LogP contribution is -2.46. The van der Waals surface area contributed by atoms with Gasteiger partial charge in [-0.2, -0.15) is 0 Å². The van der Waals surface area contributed by atoms with Gasteiger partial charge in [-0.1, -0.05) is 0 Å². The molecule has 0 aliphatic carbocycles. The maximum absolute atomic E-state index is 11.8. The molecule has 1 atom stereocenters. The maximum Gasteiger partial charge on any atom is 0.336 e. The first kappa shape index (κ1) is 14.4. The molecule has 0 spiro atoms. The minimum Gasteiger partial charge on any atom is -0.464 e. The van der Waals surface area contributed by atoms with Crippen molar-refractivity contribution in [2.24, 2.45) is 0 Å². The highest BCUT2D eigenvalue weighted by molar-refractivity contribution is 7.13. The van der Waals surface area contributed by atoms with Crippen molar-refractivity contribution in [3.63, 3.8) is 0 Å². The first-order chi connectivity index (χ1) is 8.45. The smallest absolute Gasteiger partial charge is 0.336 e. The second-order valence-electron chi connectivity index (χ2n) is 3.68. The highest BCUT2D eigenvalue weighted by Crippen LogP contribution is 2.14. The number of carbonyl (C=O) groups is 3. The molecule has 18 heavy (non-hydrogen) atoms. The number of nitrogens with one attached hydrogen (secondary N) is 1. The van der Waals surface area contributed by atoms with Crippen molar-refractivity contribution in [3.8, 4) is 0 Å². The molecule has 0 saturated carbocycles. The van der Waals surface area contributed by atoms with Gasteiger partial charge < -0.3 is 10.1 Å². The molecule has 0 aromatic carbocycles. The molecular formula is C12H15NO4S. The lowest BCUT2D eigenvalue weighted by Gasteiger charge is -2.13. The third-order valence-corrected chi connectivity index (χ3v) is 3.17. The highest BCUT2D eigenvalue weighted by Gasteiger charge is 2.27. The van der Waals surface area contributed by atoms with E-state index in [-0.39, 0.29) is 6.61 Å². The molecule has 5 nitrogen and oxygen atoms in total. The van der Waals surface area contributed by atoms with Gasteiger partial charge in [0.25, 0.3) is 5.91 Å². The van der Waals surface area contributed by atoms with Crippen LogP contribution in [-0.4, -0.2) is 30.3 Å². The molecule has 0 bridgehead atoms. The first-order valence-electron chi connectivity index (χ1n) is 5.50. The molecular weight excluding hydrogens is 254 g/mol. The van der Waals surface area contributed by atoms with E-state index >= 15 is 0 Å². The standard InChI is InChI=1S/C12H15NO4S/c1-4-17-12(16)10(8(3)14)13-11(15)9-6-5-7(2)18-9/h5-6,10H,4H2,1-3H3,(H,13,15). The summed E-state index contributed by atoms with van der Waals surface area (Å²) in [4.78, 5) is 36.1. The first-order valence-corrected chi connectivity index (χ1v) is 6.31. The minimum atomic E-state index is -1.24. The Morgan fingerprint density at radius 1 is 1.39 bits per heavy atom. The summed E-state index contributed by atoms with van der Waals surface area (Å²) in [5, 5.41) is 2.38. The fourth-order valence-electron chi connectivity index (χ4n) is 1.31. The van der Waals surface area contributed by atoms with E-state index in [2.05, 4.69) is 5.32 Å². The van der Waals surface area contributed by atoms with Crippen LogP contribution in [0.1, 0.15) is 28.4 Å². The van der Waals surface area contributed by atoms with Crippen molar-refractivity contribution < 1.29 is 19.1 Å². The topological polar surface area (TPSA) is 72.5 Å². The van der Waals surface area contributed by atoms with Crippen LogP contribution in [0, 0.1) is 6.92 Å². The zero-order chi connectivity index (χ0) is 13.7. The van der Waals surface area contributed by atoms with Crippen LogP contribution >= 0.6 is 11.3 Å². The molecule has 0 radical (unpaired) electrons. The van der Waals surface area contributed by atoms with Crippen LogP contribution in [-0.2, 0) is 14.3 Å². The summed E-state index contributed by atoms with van der Waals surface area (Å²) in [6.07, 6.45) is 0. The number of carbonyl (C=O) groups excluding carboxylic acids is 3. The fraction of sp³-hybridized carbons (Fsp3) is 0.417. The van der Waals surface area contributed by atoms with E-state index in [0.29, 0.717) is 4.88 Å².